The maximum Gasteiger partial charge on any atom is 0.162 e. The van der Waals surface area contributed by atoms with Gasteiger partial charge in [-0.1, -0.05) is 20.8 Å². The third-order valence-electron chi connectivity index (χ3n) is 1.55. The van der Waals surface area contributed by atoms with Crippen LogP contribution in [0.25, 0.3) is 0 Å². The van der Waals surface area contributed by atoms with Gasteiger partial charge in [0.25, 0.3) is 0 Å². The van der Waals surface area contributed by atoms with Crippen molar-refractivity contribution in [3.05, 3.63) is 0 Å². The molecule has 0 bridgehead atoms. The highest BCUT2D eigenvalue weighted by atomic mass is 16.7. The second kappa shape index (κ2) is 2.51. The van der Waals surface area contributed by atoms with Crippen LogP contribution in [0.3, 0.4) is 0 Å². The first-order valence-corrected chi connectivity index (χ1v) is 3.77. The summed E-state index contributed by atoms with van der Waals surface area (Å²) in [7, 11) is 0. The average Bonchev–Trinajstić information content (AvgIpc) is 2.11. The van der Waals surface area contributed by atoms with Gasteiger partial charge in [-0.25, -0.2) is 0 Å². The van der Waals surface area contributed by atoms with Crippen molar-refractivity contribution in [3.8, 4) is 0 Å². The first-order valence-electron chi connectivity index (χ1n) is 3.77. The Morgan fingerprint density at radius 2 is 1.90 bits per heavy atom. The van der Waals surface area contributed by atoms with Crippen molar-refractivity contribution in [3.63, 3.8) is 0 Å². The molecule has 0 N–H and O–H groups in total. The molecule has 2 heteroatoms. The van der Waals surface area contributed by atoms with E-state index in [1.54, 1.807) is 0 Å². The van der Waals surface area contributed by atoms with E-state index in [-0.39, 0.29) is 17.8 Å². The molecule has 1 aliphatic heterocycles. The second-order valence-electron chi connectivity index (χ2n) is 3.98. The molecule has 1 heterocycles. The predicted molar refractivity (Wildman–Crippen MR) is 39.7 cm³/mol. The molecule has 1 rings (SSSR count). The van der Waals surface area contributed by atoms with E-state index in [9.17, 15) is 0 Å². The van der Waals surface area contributed by atoms with Crippen LogP contribution < -0.4 is 0 Å². The minimum Gasteiger partial charge on any atom is -0.349 e. The number of ether oxygens (including phenoxy) is 2. The fourth-order valence-corrected chi connectivity index (χ4v) is 0.967. The molecule has 2 nitrogen and oxygen atoms in total. The van der Waals surface area contributed by atoms with E-state index in [1.165, 1.54) is 0 Å². The van der Waals surface area contributed by atoms with Crippen LogP contribution in [0.1, 0.15) is 27.7 Å². The molecule has 0 radical (unpaired) electrons. The van der Waals surface area contributed by atoms with Crippen LogP contribution in [0.15, 0.2) is 0 Å². The monoisotopic (exact) mass is 144 g/mol. The van der Waals surface area contributed by atoms with Gasteiger partial charge in [0.05, 0.1) is 12.7 Å². The minimum atomic E-state index is -0.0116. The minimum absolute atomic E-state index is 0.0116. The predicted octanol–water partition coefficient (Wildman–Crippen LogP) is 1.79. The van der Waals surface area contributed by atoms with Gasteiger partial charge in [-0.05, 0) is 6.92 Å². The van der Waals surface area contributed by atoms with Gasteiger partial charge in [0, 0.05) is 5.41 Å². The summed E-state index contributed by atoms with van der Waals surface area (Å²) in [5.74, 6) is 0. The van der Waals surface area contributed by atoms with Gasteiger partial charge in [0.2, 0.25) is 0 Å². The van der Waals surface area contributed by atoms with Crippen molar-refractivity contribution in [1.82, 2.24) is 0 Å². The molecule has 1 aliphatic rings. The van der Waals surface area contributed by atoms with Crippen LogP contribution >= 0.6 is 0 Å². The van der Waals surface area contributed by atoms with E-state index >= 15 is 0 Å². The topological polar surface area (TPSA) is 18.5 Å². The fraction of sp³-hybridized carbons (Fsp3) is 1.00. The van der Waals surface area contributed by atoms with Crippen LogP contribution in [-0.4, -0.2) is 19.0 Å². The van der Waals surface area contributed by atoms with Crippen molar-refractivity contribution >= 4 is 0 Å². The standard InChI is InChI=1S/C8H16O2/c1-6-5-9-7(10-6)8(2,3)4/h6-7H,5H2,1-4H3/t6-,7+/m0/s1. The third kappa shape index (κ3) is 1.70. The van der Waals surface area contributed by atoms with Crippen molar-refractivity contribution in [2.75, 3.05) is 6.61 Å². The maximum atomic E-state index is 5.50. The smallest absolute Gasteiger partial charge is 0.162 e. The molecular weight excluding hydrogens is 128 g/mol. The highest BCUT2D eigenvalue weighted by Crippen LogP contribution is 2.28. The van der Waals surface area contributed by atoms with Crippen LogP contribution in [0.5, 0.6) is 0 Å². The molecule has 0 amide bonds. The van der Waals surface area contributed by atoms with Crippen LogP contribution in [0, 0.1) is 5.41 Å². The van der Waals surface area contributed by atoms with E-state index in [2.05, 4.69) is 20.8 Å². The van der Waals surface area contributed by atoms with Gasteiger partial charge in [-0.3, -0.25) is 0 Å². The summed E-state index contributed by atoms with van der Waals surface area (Å²) in [5, 5.41) is 0. The lowest BCUT2D eigenvalue weighted by Crippen LogP contribution is -2.27. The Morgan fingerprint density at radius 3 is 2.10 bits per heavy atom. The molecule has 0 saturated carbocycles. The lowest BCUT2D eigenvalue weighted by atomic mass is 9.96. The van der Waals surface area contributed by atoms with Crippen LogP contribution in [-0.2, 0) is 9.47 Å². The Bertz CT molecular complexity index is 115. The number of hydrogen-bond acceptors (Lipinski definition) is 2. The third-order valence-corrected chi connectivity index (χ3v) is 1.55. The fourth-order valence-electron chi connectivity index (χ4n) is 0.967. The van der Waals surface area contributed by atoms with Crippen molar-refractivity contribution in [2.24, 2.45) is 5.41 Å². The molecular formula is C8H16O2. The Hall–Kier alpha value is -0.0800. The molecule has 0 unspecified atom stereocenters. The zero-order valence-electron chi connectivity index (χ0n) is 7.18. The average molecular weight is 144 g/mol. The first-order chi connectivity index (χ1) is 4.50. The van der Waals surface area contributed by atoms with Crippen LogP contribution in [0.4, 0.5) is 0 Å². The van der Waals surface area contributed by atoms with Gasteiger partial charge < -0.3 is 9.47 Å². The molecule has 1 fully saturated rings. The lowest BCUT2D eigenvalue weighted by Gasteiger charge is -2.24. The lowest BCUT2D eigenvalue weighted by molar-refractivity contribution is -0.122. The van der Waals surface area contributed by atoms with E-state index in [0.29, 0.717) is 0 Å². The normalized spacial score (nSPS) is 34.8. The summed E-state index contributed by atoms with van der Waals surface area (Å²) in [6.07, 6.45) is 0.256. The molecule has 10 heavy (non-hydrogen) atoms. The molecule has 2 atom stereocenters. The summed E-state index contributed by atoms with van der Waals surface area (Å²) >= 11 is 0. The summed E-state index contributed by atoms with van der Waals surface area (Å²) in [6.45, 7) is 9.13. The molecule has 0 aromatic carbocycles. The molecule has 0 aliphatic carbocycles. The van der Waals surface area contributed by atoms with Crippen LogP contribution in [0.2, 0.25) is 0 Å². The summed E-state index contributed by atoms with van der Waals surface area (Å²) in [4.78, 5) is 0. The van der Waals surface area contributed by atoms with Crippen molar-refractivity contribution in [2.45, 2.75) is 40.1 Å². The summed E-state index contributed by atoms with van der Waals surface area (Å²) in [5.41, 5.74) is 0.116. The molecule has 1 saturated heterocycles. The molecule has 0 spiro atoms. The zero-order valence-corrected chi connectivity index (χ0v) is 7.18. The SMILES string of the molecule is C[C@H]1CO[C@@H](C(C)(C)C)O1. The highest BCUT2D eigenvalue weighted by Gasteiger charge is 2.32. The van der Waals surface area contributed by atoms with E-state index in [1.807, 2.05) is 6.92 Å². The van der Waals surface area contributed by atoms with Gasteiger partial charge in [-0.2, -0.15) is 0 Å². The number of hydrogen-bond donors (Lipinski definition) is 0. The molecule has 0 aromatic heterocycles. The Labute approximate surface area is 62.5 Å². The maximum absolute atomic E-state index is 5.50. The number of rotatable bonds is 0. The van der Waals surface area contributed by atoms with Gasteiger partial charge >= 0.3 is 0 Å². The first kappa shape index (κ1) is 8.02. The van der Waals surface area contributed by atoms with E-state index in [0.717, 1.165) is 6.61 Å². The van der Waals surface area contributed by atoms with Crippen molar-refractivity contribution in [1.29, 1.82) is 0 Å². The second-order valence-corrected chi connectivity index (χ2v) is 3.98. The quantitative estimate of drug-likeness (QED) is 0.516. The highest BCUT2D eigenvalue weighted by molar-refractivity contribution is 4.72. The van der Waals surface area contributed by atoms with E-state index < -0.39 is 0 Å². The van der Waals surface area contributed by atoms with Gasteiger partial charge in [0.1, 0.15) is 0 Å². The van der Waals surface area contributed by atoms with Gasteiger partial charge in [-0.15, -0.1) is 0 Å². The van der Waals surface area contributed by atoms with Gasteiger partial charge in [0.15, 0.2) is 6.29 Å². The Morgan fingerprint density at radius 1 is 1.30 bits per heavy atom. The molecule has 60 valence electrons. The Balaban J connectivity index is 2.45. The Kier molecular flexibility index (Phi) is 2.02. The zero-order chi connectivity index (χ0) is 7.78. The largest absolute Gasteiger partial charge is 0.349 e. The van der Waals surface area contributed by atoms with Crippen molar-refractivity contribution < 1.29 is 9.47 Å². The summed E-state index contributed by atoms with van der Waals surface area (Å²) < 4.78 is 10.9. The molecule has 0 aromatic rings. The van der Waals surface area contributed by atoms with E-state index in [4.69, 9.17) is 9.47 Å². The summed E-state index contributed by atoms with van der Waals surface area (Å²) in [6, 6.07) is 0.